The van der Waals surface area contributed by atoms with Crippen LogP contribution >= 0.6 is 0 Å². The van der Waals surface area contributed by atoms with Gasteiger partial charge in [0.2, 0.25) is 15.9 Å². The van der Waals surface area contributed by atoms with E-state index in [0.29, 0.717) is 18.7 Å². The van der Waals surface area contributed by atoms with E-state index in [1.807, 2.05) is 31.2 Å². The van der Waals surface area contributed by atoms with E-state index >= 15 is 0 Å². The smallest absolute Gasteiger partial charge is 0.265 e. The summed E-state index contributed by atoms with van der Waals surface area (Å²) in [7, 11) is -3.75. The number of nitrogens with one attached hydrogen (secondary N) is 2. The van der Waals surface area contributed by atoms with Gasteiger partial charge < -0.3 is 10.1 Å². The maximum absolute atomic E-state index is 12.5. The number of benzene rings is 2. The summed E-state index contributed by atoms with van der Waals surface area (Å²) >= 11 is 0. The van der Waals surface area contributed by atoms with E-state index in [0.717, 1.165) is 5.56 Å². The van der Waals surface area contributed by atoms with E-state index in [4.69, 9.17) is 4.74 Å². The lowest BCUT2D eigenvalue weighted by atomic mass is 10.1. The third-order valence-corrected chi connectivity index (χ3v) is 6.39. The molecule has 0 saturated carbocycles. The summed E-state index contributed by atoms with van der Waals surface area (Å²) < 4.78 is 32.9. The van der Waals surface area contributed by atoms with Gasteiger partial charge in [0.1, 0.15) is 12.3 Å². The molecule has 0 aromatic heterocycles. The number of amides is 2. The second-order valence-corrected chi connectivity index (χ2v) is 9.47. The minimum Gasteiger partial charge on any atom is -0.482 e. The summed E-state index contributed by atoms with van der Waals surface area (Å²) in [6.45, 7) is 5.45. The van der Waals surface area contributed by atoms with Crippen LogP contribution in [0.4, 0.5) is 5.69 Å². The Labute approximate surface area is 182 Å². The molecular formula is C22H27N3O5S. The number of anilines is 1. The van der Waals surface area contributed by atoms with Crippen molar-refractivity contribution in [2.75, 3.05) is 24.6 Å². The van der Waals surface area contributed by atoms with Gasteiger partial charge in [-0.3, -0.25) is 14.5 Å². The predicted molar refractivity (Wildman–Crippen MR) is 118 cm³/mol. The fourth-order valence-electron chi connectivity index (χ4n) is 3.20. The zero-order valence-electron chi connectivity index (χ0n) is 17.8. The quantitative estimate of drug-likeness (QED) is 0.644. The Morgan fingerprint density at radius 3 is 2.55 bits per heavy atom. The maximum Gasteiger partial charge on any atom is 0.265 e. The standard InChI is InChI=1S/C22H27N3O5S/c1-15(2)24-31(28,29)18-8-9-20-19(12-18)25(22(27)14-30-20)13-21(26)23-11-10-17-6-4-16(3)5-7-17/h4-9,12,15,24H,10-11,13-14H2,1-3H3,(H,23,26). The van der Waals surface area contributed by atoms with Gasteiger partial charge in [-0.05, 0) is 51.0 Å². The Morgan fingerprint density at radius 2 is 1.87 bits per heavy atom. The van der Waals surface area contributed by atoms with Crippen LogP contribution in [0.3, 0.4) is 0 Å². The number of hydrogen-bond acceptors (Lipinski definition) is 5. The van der Waals surface area contributed by atoms with Crippen LogP contribution in [0.25, 0.3) is 0 Å². The number of rotatable bonds is 8. The van der Waals surface area contributed by atoms with Gasteiger partial charge in [-0.15, -0.1) is 0 Å². The highest BCUT2D eigenvalue weighted by Crippen LogP contribution is 2.34. The van der Waals surface area contributed by atoms with Gasteiger partial charge in [0.05, 0.1) is 10.6 Å². The molecule has 166 valence electrons. The van der Waals surface area contributed by atoms with E-state index in [9.17, 15) is 18.0 Å². The summed E-state index contributed by atoms with van der Waals surface area (Å²) in [5.41, 5.74) is 2.53. The lowest BCUT2D eigenvalue weighted by molar-refractivity contribution is -0.125. The molecule has 1 aliphatic heterocycles. The third kappa shape index (κ3) is 5.83. The molecule has 9 heteroatoms. The largest absolute Gasteiger partial charge is 0.482 e. The van der Waals surface area contributed by atoms with Gasteiger partial charge in [0, 0.05) is 12.6 Å². The normalized spacial score (nSPS) is 13.7. The van der Waals surface area contributed by atoms with Gasteiger partial charge in [0.15, 0.2) is 6.61 Å². The summed E-state index contributed by atoms with van der Waals surface area (Å²) in [6.07, 6.45) is 0.670. The van der Waals surface area contributed by atoms with Gasteiger partial charge in [-0.25, -0.2) is 13.1 Å². The Balaban J connectivity index is 1.70. The van der Waals surface area contributed by atoms with E-state index in [-0.39, 0.29) is 35.7 Å². The van der Waals surface area contributed by atoms with Crippen molar-refractivity contribution in [3.05, 3.63) is 53.6 Å². The summed E-state index contributed by atoms with van der Waals surface area (Å²) in [6, 6.07) is 12.0. The Hall–Kier alpha value is -2.91. The zero-order valence-corrected chi connectivity index (χ0v) is 18.7. The van der Waals surface area contributed by atoms with Gasteiger partial charge >= 0.3 is 0 Å². The SMILES string of the molecule is Cc1ccc(CCNC(=O)CN2C(=O)COc3ccc(S(=O)(=O)NC(C)C)cc32)cc1. The van der Waals surface area contributed by atoms with Crippen molar-refractivity contribution in [2.45, 2.75) is 38.1 Å². The summed E-state index contributed by atoms with van der Waals surface area (Å²) in [5.74, 6) is -0.384. The Kier molecular flexibility index (Phi) is 6.97. The van der Waals surface area contributed by atoms with Crippen LogP contribution in [0.1, 0.15) is 25.0 Å². The average molecular weight is 446 g/mol. The molecule has 31 heavy (non-hydrogen) atoms. The van der Waals surface area contributed by atoms with Crippen molar-refractivity contribution in [1.29, 1.82) is 0 Å². The first-order valence-corrected chi connectivity index (χ1v) is 11.6. The van der Waals surface area contributed by atoms with Gasteiger partial charge in [0.25, 0.3) is 5.91 Å². The number of carbonyl (C=O) groups is 2. The van der Waals surface area contributed by atoms with Crippen LogP contribution in [-0.2, 0) is 26.0 Å². The molecule has 0 atom stereocenters. The van der Waals surface area contributed by atoms with E-state index in [1.54, 1.807) is 13.8 Å². The lowest BCUT2D eigenvalue weighted by Crippen LogP contribution is -2.45. The summed E-state index contributed by atoms with van der Waals surface area (Å²) in [5, 5.41) is 2.81. The number of aryl methyl sites for hydroxylation is 1. The van der Waals surface area contributed by atoms with Crippen molar-refractivity contribution in [3.63, 3.8) is 0 Å². The molecule has 0 unspecified atom stereocenters. The molecule has 0 spiro atoms. The number of nitrogens with zero attached hydrogens (tertiary/aromatic N) is 1. The van der Waals surface area contributed by atoms with Gasteiger partial charge in [-0.2, -0.15) is 0 Å². The fraction of sp³-hybridized carbons (Fsp3) is 0.364. The molecular weight excluding hydrogens is 418 g/mol. The van der Waals surface area contributed by atoms with E-state index in [1.165, 1.54) is 28.7 Å². The highest BCUT2D eigenvalue weighted by molar-refractivity contribution is 7.89. The molecule has 2 aromatic carbocycles. The molecule has 3 rings (SSSR count). The molecule has 2 N–H and O–H groups in total. The molecule has 0 saturated heterocycles. The van der Waals surface area contributed by atoms with Crippen LogP contribution in [0, 0.1) is 6.92 Å². The molecule has 0 bridgehead atoms. The molecule has 0 radical (unpaired) electrons. The maximum atomic E-state index is 12.5. The predicted octanol–water partition coefficient (Wildman–Crippen LogP) is 1.77. The fourth-order valence-corrected chi connectivity index (χ4v) is 4.47. The number of sulfonamides is 1. The second kappa shape index (κ2) is 9.49. The topological polar surface area (TPSA) is 105 Å². The van der Waals surface area contributed by atoms with Crippen molar-refractivity contribution < 1.29 is 22.7 Å². The minimum absolute atomic E-state index is 0.00280. The van der Waals surface area contributed by atoms with Crippen molar-refractivity contribution in [3.8, 4) is 5.75 Å². The molecule has 1 heterocycles. The van der Waals surface area contributed by atoms with Crippen LogP contribution in [0.15, 0.2) is 47.4 Å². The first-order valence-electron chi connectivity index (χ1n) is 10.1. The van der Waals surface area contributed by atoms with Crippen LogP contribution < -0.4 is 19.7 Å². The van der Waals surface area contributed by atoms with Crippen molar-refractivity contribution in [2.24, 2.45) is 0 Å². The van der Waals surface area contributed by atoms with Crippen molar-refractivity contribution in [1.82, 2.24) is 10.0 Å². The highest BCUT2D eigenvalue weighted by Gasteiger charge is 2.29. The van der Waals surface area contributed by atoms with Crippen molar-refractivity contribution >= 4 is 27.5 Å². The number of hydrogen-bond donors (Lipinski definition) is 2. The van der Waals surface area contributed by atoms with Crippen LogP contribution in [0.2, 0.25) is 0 Å². The number of fused-ring (bicyclic) bond motifs is 1. The minimum atomic E-state index is -3.75. The third-order valence-electron chi connectivity index (χ3n) is 4.73. The first kappa shape index (κ1) is 22.8. The molecule has 2 amide bonds. The molecule has 0 aliphatic carbocycles. The molecule has 8 nitrogen and oxygen atoms in total. The Bertz CT molecular complexity index is 1070. The number of carbonyl (C=O) groups excluding carboxylic acids is 2. The van der Waals surface area contributed by atoms with Crippen LogP contribution in [0.5, 0.6) is 5.75 Å². The lowest BCUT2D eigenvalue weighted by Gasteiger charge is -2.29. The van der Waals surface area contributed by atoms with Crippen LogP contribution in [-0.4, -0.2) is 46.0 Å². The average Bonchev–Trinajstić information content (AvgIpc) is 2.70. The monoisotopic (exact) mass is 445 g/mol. The molecule has 1 aliphatic rings. The van der Waals surface area contributed by atoms with Gasteiger partial charge in [-0.1, -0.05) is 29.8 Å². The molecule has 0 fully saturated rings. The van der Waals surface area contributed by atoms with E-state index < -0.39 is 15.9 Å². The highest BCUT2D eigenvalue weighted by atomic mass is 32.2. The zero-order chi connectivity index (χ0) is 22.6. The molecule has 2 aromatic rings. The number of ether oxygens (including phenoxy) is 1. The van der Waals surface area contributed by atoms with E-state index in [2.05, 4.69) is 10.0 Å². The second-order valence-electron chi connectivity index (χ2n) is 7.76. The first-order chi connectivity index (χ1) is 14.7. The Morgan fingerprint density at radius 1 is 1.16 bits per heavy atom. The summed E-state index contributed by atoms with van der Waals surface area (Å²) in [4.78, 5) is 26.1.